The summed E-state index contributed by atoms with van der Waals surface area (Å²) in [7, 11) is 0. The first kappa shape index (κ1) is 19.5. The summed E-state index contributed by atoms with van der Waals surface area (Å²) in [5, 5.41) is 15.7. The summed E-state index contributed by atoms with van der Waals surface area (Å²) in [5.74, 6) is 0.0316. The second-order valence-corrected chi connectivity index (χ2v) is 7.74. The van der Waals surface area contributed by atoms with E-state index in [4.69, 9.17) is 5.26 Å². The molecule has 2 saturated carbocycles. The van der Waals surface area contributed by atoms with Crippen molar-refractivity contribution < 1.29 is 9.18 Å². The van der Waals surface area contributed by atoms with Gasteiger partial charge in [0.15, 0.2) is 16.8 Å². The molecule has 2 aromatic rings. The van der Waals surface area contributed by atoms with Crippen LogP contribution in [-0.2, 0) is 4.79 Å². The molecule has 2 aromatic heterocycles. The standard InChI is InChI=1S/C17H18FN5OS.C2H6/c18-12-8-20-15(23-16(24)10-3-4-10)14-13(12)22-17(25-14)21-11-5-1-9(7-19)2-6-11;1-2/h8-11H,1-6H2,(H,21,22)(H,20,23,24);1-2H3. The number of fused-ring (bicyclic) bond motifs is 1. The van der Waals surface area contributed by atoms with Crippen molar-refractivity contribution in [3.63, 3.8) is 0 Å². The molecular weight excluding hydrogens is 365 g/mol. The fraction of sp³-hybridized carbons (Fsp3) is 0.579. The van der Waals surface area contributed by atoms with E-state index in [9.17, 15) is 9.18 Å². The normalized spacial score (nSPS) is 21.7. The lowest BCUT2D eigenvalue weighted by molar-refractivity contribution is -0.117. The maximum atomic E-state index is 14.1. The fourth-order valence-electron chi connectivity index (χ4n) is 3.14. The second-order valence-electron chi connectivity index (χ2n) is 6.74. The molecule has 0 aliphatic heterocycles. The van der Waals surface area contributed by atoms with Crippen molar-refractivity contribution in [3.8, 4) is 6.07 Å². The molecule has 8 heteroatoms. The first-order chi connectivity index (χ1) is 13.1. The van der Waals surface area contributed by atoms with Crippen LogP contribution in [0.1, 0.15) is 52.4 Å². The Hall–Kier alpha value is -2.27. The van der Waals surface area contributed by atoms with E-state index in [0.717, 1.165) is 44.7 Å². The van der Waals surface area contributed by atoms with E-state index < -0.39 is 5.82 Å². The molecule has 2 fully saturated rings. The van der Waals surface area contributed by atoms with Crippen molar-refractivity contribution >= 4 is 38.4 Å². The van der Waals surface area contributed by atoms with E-state index in [1.54, 1.807) is 0 Å². The van der Waals surface area contributed by atoms with Crippen molar-refractivity contribution in [2.24, 2.45) is 11.8 Å². The molecule has 0 unspecified atom stereocenters. The SMILES string of the molecule is CC.N#CC1CCC(Nc2nc3c(F)cnc(NC(=O)C4CC4)c3s2)CC1. The highest BCUT2D eigenvalue weighted by Gasteiger charge is 2.30. The number of rotatable bonds is 4. The predicted octanol–water partition coefficient (Wildman–Crippen LogP) is 4.70. The van der Waals surface area contributed by atoms with Crippen molar-refractivity contribution in [3.05, 3.63) is 12.0 Å². The molecule has 0 radical (unpaired) electrons. The van der Waals surface area contributed by atoms with Gasteiger partial charge in [-0.25, -0.2) is 14.4 Å². The largest absolute Gasteiger partial charge is 0.359 e. The summed E-state index contributed by atoms with van der Waals surface area (Å²) in [5.41, 5.74) is 0.235. The molecule has 4 rings (SSSR count). The maximum Gasteiger partial charge on any atom is 0.228 e. The van der Waals surface area contributed by atoms with Gasteiger partial charge < -0.3 is 10.6 Å². The molecule has 2 aliphatic carbocycles. The molecule has 2 heterocycles. The van der Waals surface area contributed by atoms with Gasteiger partial charge in [0.05, 0.1) is 12.3 Å². The third kappa shape index (κ3) is 4.53. The van der Waals surface area contributed by atoms with E-state index >= 15 is 0 Å². The van der Waals surface area contributed by atoms with E-state index in [1.165, 1.54) is 11.3 Å². The molecular formula is C19H24FN5OS. The van der Waals surface area contributed by atoms with Crippen molar-refractivity contribution in [2.45, 2.75) is 58.4 Å². The third-order valence-electron chi connectivity index (χ3n) is 4.80. The number of amides is 1. The number of hydrogen-bond acceptors (Lipinski definition) is 6. The Bertz CT molecular complexity index is 850. The van der Waals surface area contributed by atoms with Crippen LogP contribution in [0.5, 0.6) is 0 Å². The highest BCUT2D eigenvalue weighted by molar-refractivity contribution is 7.22. The highest BCUT2D eigenvalue weighted by Crippen LogP contribution is 2.36. The van der Waals surface area contributed by atoms with Gasteiger partial charge in [0.25, 0.3) is 0 Å². The topological polar surface area (TPSA) is 90.7 Å². The van der Waals surface area contributed by atoms with Crippen LogP contribution in [0.4, 0.5) is 15.3 Å². The van der Waals surface area contributed by atoms with E-state index in [2.05, 4.69) is 26.7 Å². The van der Waals surface area contributed by atoms with Gasteiger partial charge in [-0.05, 0) is 38.5 Å². The van der Waals surface area contributed by atoms with Crippen molar-refractivity contribution in [1.29, 1.82) is 5.26 Å². The number of aromatic nitrogens is 2. The summed E-state index contributed by atoms with van der Waals surface area (Å²) in [4.78, 5) is 20.4. The lowest BCUT2D eigenvalue weighted by atomic mass is 9.87. The number of carbonyl (C=O) groups excluding carboxylic acids is 1. The van der Waals surface area contributed by atoms with Gasteiger partial charge in [-0.2, -0.15) is 5.26 Å². The minimum Gasteiger partial charge on any atom is -0.359 e. The number of nitriles is 1. The van der Waals surface area contributed by atoms with Crippen LogP contribution < -0.4 is 10.6 Å². The van der Waals surface area contributed by atoms with Gasteiger partial charge in [-0.3, -0.25) is 4.79 Å². The third-order valence-corrected chi connectivity index (χ3v) is 5.80. The first-order valence-electron chi connectivity index (χ1n) is 9.56. The smallest absolute Gasteiger partial charge is 0.228 e. The van der Waals surface area contributed by atoms with Gasteiger partial charge in [-0.1, -0.05) is 25.2 Å². The predicted molar refractivity (Wildman–Crippen MR) is 105 cm³/mol. The quantitative estimate of drug-likeness (QED) is 0.791. The minimum atomic E-state index is -0.489. The number of pyridine rings is 1. The van der Waals surface area contributed by atoms with Crippen LogP contribution >= 0.6 is 11.3 Å². The van der Waals surface area contributed by atoms with Crippen molar-refractivity contribution in [2.75, 3.05) is 10.6 Å². The van der Waals surface area contributed by atoms with Crippen LogP contribution in [0.2, 0.25) is 0 Å². The zero-order valence-corrected chi connectivity index (χ0v) is 16.4. The summed E-state index contributed by atoms with van der Waals surface area (Å²) in [6.45, 7) is 4.00. The van der Waals surface area contributed by atoms with Gasteiger partial charge in [0.1, 0.15) is 10.2 Å². The first-order valence-corrected chi connectivity index (χ1v) is 10.4. The molecule has 144 valence electrons. The molecule has 0 saturated heterocycles. The van der Waals surface area contributed by atoms with Crippen LogP contribution in [0.15, 0.2) is 6.20 Å². The number of carbonyl (C=O) groups is 1. The van der Waals surface area contributed by atoms with E-state index in [-0.39, 0.29) is 29.3 Å². The summed E-state index contributed by atoms with van der Waals surface area (Å²) in [6, 6.07) is 2.56. The van der Waals surface area contributed by atoms with Crippen molar-refractivity contribution in [1.82, 2.24) is 9.97 Å². The van der Waals surface area contributed by atoms with Crippen LogP contribution in [0.25, 0.3) is 10.2 Å². The zero-order valence-electron chi connectivity index (χ0n) is 15.6. The number of thiazole rings is 1. The Kier molecular flexibility index (Phi) is 6.22. The second kappa shape index (κ2) is 8.61. The molecule has 2 N–H and O–H groups in total. The molecule has 2 aliphatic rings. The van der Waals surface area contributed by atoms with E-state index in [0.29, 0.717) is 15.6 Å². The van der Waals surface area contributed by atoms with Gasteiger partial charge in [-0.15, -0.1) is 0 Å². The number of hydrogen-bond donors (Lipinski definition) is 2. The number of halogens is 1. The van der Waals surface area contributed by atoms with Crippen LogP contribution in [-0.4, -0.2) is 21.9 Å². The molecule has 0 aromatic carbocycles. The van der Waals surface area contributed by atoms with Crippen LogP contribution in [0, 0.1) is 29.0 Å². The summed E-state index contributed by atoms with van der Waals surface area (Å²) in [6.07, 6.45) is 6.45. The molecule has 1 amide bonds. The van der Waals surface area contributed by atoms with Gasteiger partial charge >= 0.3 is 0 Å². The zero-order chi connectivity index (χ0) is 19.4. The molecule has 6 nitrogen and oxygen atoms in total. The molecule has 0 bridgehead atoms. The van der Waals surface area contributed by atoms with Crippen LogP contribution in [0.3, 0.4) is 0 Å². The number of anilines is 2. The number of nitrogens with one attached hydrogen (secondary N) is 2. The lowest BCUT2D eigenvalue weighted by Crippen LogP contribution is -2.25. The Morgan fingerprint density at radius 2 is 1.96 bits per heavy atom. The van der Waals surface area contributed by atoms with Gasteiger partial charge in [0, 0.05) is 17.9 Å². The summed E-state index contributed by atoms with van der Waals surface area (Å²) < 4.78 is 14.6. The molecule has 0 spiro atoms. The lowest BCUT2D eigenvalue weighted by Gasteiger charge is -2.25. The van der Waals surface area contributed by atoms with E-state index in [1.807, 2.05) is 13.8 Å². The van der Waals surface area contributed by atoms with Gasteiger partial charge in [0.2, 0.25) is 5.91 Å². The fourth-order valence-corrected chi connectivity index (χ4v) is 4.14. The Balaban J connectivity index is 0.00000102. The number of nitrogens with zero attached hydrogens (tertiary/aromatic N) is 3. The minimum absolute atomic E-state index is 0.0573. The Morgan fingerprint density at radius 3 is 2.59 bits per heavy atom. The molecule has 27 heavy (non-hydrogen) atoms. The monoisotopic (exact) mass is 389 g/mol. The average Bonchev–Trinajstić information content (AvgIpc) is 3.46. The highest BCUT2D eigenvalue weighted by atomic mass is 32.1. The maximum absolute atomic E-state index is 14.1. The molecule has 0 atom stereocenters. The average molecular weight is 390 g/mol. The Morgan fingerprint density at radius 1 is 1.26 bits per heavy atom. The Labute approximate surface area is 162 Å². The summed E-state index contributed by atoms with van der Waals surface area (Å²) >= 11 is 1.31.